The van der Waals surface area contributed by atoms with E-state index < -0.39 is 0 Å². The number of likely N-dealkylation sites (tertiary alicyclic amines) is 1. The van der Waals surface area contributed by atoms with E-state index in [0.29, 0.717) is 24.4 Å². The quantitative estimate of drug-likeness (QED) is 0.424. The van der Waals surface area contributed by atoms with Crippen LogP contribution in [0.5, 0.6) is 5.75 Å². The molecule has 1 aromatic heterocycles. The Morgan fingerprint density at radius 2 is 1.97 bits per heavy atom. The molecule has 1 saturated heterocycles. The Morgan fingerprint density at radius 3 is 2.76 bits per heavy atom. The van der Waals surface area contributed by atoms with Crippen molar-refractivity contribution < 1.29 is 13.9 Å². The second-order valence-electron chi connectivity index (χ2n) is 9.33. The van der Waals surface area contributed by atoms with Gasteiger partial charge in [0.25, 0.3) is 11.9 Å². The Morgan fingerprint density at radius 1 is 1.15 bits per heavy atom. The third-order valence-electron chi connectivity index (χ3n) is 7.13. The van der Waals surface area contributed by atoms with E-state index in [0.717, 1.165) is 45.6 Å². The predicted octanol–water partition coefficient (Wildman–Crippen LogP) is 5.38. The maximum atomic E-state index is 13.9. The molecule has 0 unspecified atom stereocenters. The van der Waals surface area contributed by atoms with Crippen LogP contribution in [0.4, 0.5) is 6.01 Å². The molecule has 6 nitrogen and oxygen atoms in total. The lowest BCUT2D eigenvalue weighted by Crippen LogP contribution is -2.42. The van der Waals surface area contributed by atoms with Crippen molar-refractivity contribution >= 4 is 23.0 Å². The lowest BCUT2D eigenvalue weighted by molar-refractivity contribution is 0.0715. The number of hydrogen-bond acceptors (Lipinski definition) is 5. The van der Waals surface area contributed by atoms with E-state index in [9.17, 15) is 4.79 Å². The lowest BCUT2D eigenvalue weighted by atomic mass is 9.96. The van der Waals surface area contributed by atoms with Crippen LogP contribution in [0.1, 0.15) is 22.3 Å². The number of carbonyl (C=O) groups excluding carboxylic acids is 1. The van der Waals surface area contributed by atoms with Crippen molar-refractivity contribution in [2.75, 3.05) is 25.5 Å². The minimum atomic E-state index is 0.0890. The number of hydrogen-bond donors (Lipinski definition) is 1. The summed E-state index contributed by atoms with van der Waals surface area (Å²) in [5.74, 6) is 2.02. The first-order valence-corrected chi connectivity index (χ1v) is 11.8. The number of carbonyl (C=O) groups is 1. The van der Waals surface area contributed by atoms with Gasteiger partial charge in [0, 0.05) is 18.7 Å². The normalized spacial score (nSPS) is 20.9. The van der Waals surface area contributed by atoms with Gasteiger partial charge < -0.3 is 19.4 Å². The number of amides is 1. The molecule has 172 valence electrons. The first kappa shape index (κ1) is 20.8. The molecule has 0 spiro atoms. The van der Waals surface area contributed by atoms with E-state index >= 15 is 0 Å². The molecule has 6 rings (SSSR count). The molecule has 1 aliphatic heterocycles. The fourth-order valence-electron chi connectivity index (χ4n) is 5.22. The number of para-hydroxylation sites is 2. The summed E-state index contributed by atoms with van der Waals surface area (Å²) in [6.07, 6.45) is 1.18. The number of benzene rings is 3. The molecule has 1 N–H and O–H groups in total. The Bertz CT molecular complexity index is 1330. The number of nitrogens with one attached hydrogen (secondary N) is 1. The number of rotatable bonds is 6. The highest BCUT2D eigenvalue weighted by Gasteiger charge is 2.54. The van der Waals surface area contributed by atoms with Gasteiger partial charge in [0.2, 0.25) is 0 Å². The number of ether oxygens (including phenoxy) is 1. The van der Waals surface area contributed by atoms with Gasteiger partial charge in [-0.25, -0.2) is 0 Å². The van der Waals surface area contributed by atoms with E-state index in [2.05, 4.69) is 21.3 Å². The summed E-state index contributed by atoms with van der Waals surface area (Å²) in [5.41, 5.74) is 5.37. The average molecular weight is 454 g/mol. The fraction of sp³-hybridized carbons (Fsp3) is 0.286. The van der Waals surface area contributed by atoms with E-state index in [1.54, 1.807) is 7.11 Å². The molecule has 6 heteroatoms. The number of aromatic nitrogens is 1. The first-order chi connectivity index (χ1) is 16.6. The van der Waals surface area contributed by atoms with Crippen molar-refractivity contribution in [2.24, 2.45) is 11.8 Å². The Kier molecular flexibility index (Phi) is 5.01. The number of aryl methyl sites for hydroxylation is 1. The maximum Gasteiger partial charge on any atom is 0.295 e. The molecular formula is C28H27N3O3. The van der Waals surface area contributed by atoms with Crippen LogP contribution in [0.25, 0.3) is 22.2 Å². The Hall–Kier alpha value is -3.80. The summed E-state index contributed by atoms with van der Waals surface area (Å²) >= 11 is 0. The van der Waals surface area contributed by atoms with Crippen LogP contribution in [-0.4, -0.2) is 42.0 Å². The number of oxazole rings is 1. The summed E-state index contributed by atoms with van der Waals surface area (Å²) in [7, 11) is 1.66. The van der Waals surface area contributed by atoms with Gasteiger partial charge >= 0.3 is 0 Å². The third-order valence-corrected chi connectivity index (χ3v) is 7.13. The van der Waals surface area contributed by atoms with Gasteiger partial charge in [0.05, 0.1) is 13.2 Å². The molecule has 2 aliphatic rings. The van der Waals surface area contributed by atoms with E-state index in [1.807, 2.05) is 67.6 Å². The molecule has 3 aromatic carbocycles. The number of nitrogens with zero attached hydrogens (tertiary/aromatic N) is 2. The standard InChI is InChI=1S/C28H27N3O3/c1-17-7-12-21(18-8-10-20(33-2)11-9-18)23(13-17)27(32)31-16-19-14-22(19)25(31)15-29-28-30-24-5-3-4-6-26(24)34-28/h3-13,19,22,25H,14-16H2,1-2H3,(H,29,30)/t19-,22-,25-/m1/s1. The molecule has 2 fully saturated rings. The summed E-state index contributed by atoms with van der Waals surface area (Å²) < 4.78 is 11.1. The highest BCUT2D eigenvalue weighted by Crippen LogP contribution is 2.50. The highest BCUT2D eigenvalue weighted by molar-refractivity contribution is 6.01. The van der Waals surface area contributed by atoms with Crippen molar-refractivity contribution in [3.05, 3.63) is 77.9 Å². The minimum Gasteiger partial charge on any atom is -0.497 e. The maximum absolute atomic E-state index is 13.9. The second kappa shape index (κ2) is 8.20. The number of methoxy groups -OCH3 is 1. The summed E-state index contributed by atoms with van der Waals surface area (Å²) in [6.45, 7) is 3.46. The SMILES string of the molecule is COc1ccc(-c2ccc(C)cc2C(=O)N2C[C@H]3C[C@H]3[C@H]2CNc2nc3ccccc3o2)cc1. The Balaban J connectivity index is 1.26. The largest absolute Gasteiger partial charge is 0.497 e. The van der Waals surface area contributed by atoms with Gasteiger partial charge in [-0.05, 0) is 66.6 Å². The van der Waals surface area contributed by atoms with Gasteiger partial charge in [0.15, 0.2) is 5.58 Å². The number of anilines is 1. The molecule has 1 aliphatic carbocycles. The van der Waals surface area contributed by atoms with E-state index in [-0.39, 0.29) is 11.9 Å². The third kappa shape index (κ3) is 3.69. The van der Waals surface area contributed by atoms with Gasteiger partial charge in [-0.15, -0.1) is 0 Å². The average Bonchev–Trinajstić information content (AvgIpc) is 3.35. The highest BCUT2D eigenvalue weighted by atomic mass is 16.5. The van der Waals surface area contributed by atoms with Gasteiger partial charge in [-0.2, -0.15) is 4.98 Å². The number of fused-ring (bicyclic) bond motifs is 2. The molecule has 2 heterocycles. The molecule has 1 amide bonds. The van der Waals surface area contributed by atoms with Crippen molar-refractivity contribution in [1.82, 2.24) is 9.88 Å². The molecule has 0 bridgehead atoms. The van der Waals surface area contributed by atoms with Crippen LogP contribution >= 0.6 is 0 Å². The van der Waals surface area contributed by atoms with Crippen LogP contribution in [0.2, 0.25) is 0 Å². The molecule has 4 aromatic rings. The van der Waals surface area contributed by atoms with Gasteiger partial charge in [-0.1, -0.05) is 42.0 Å². The van der Waals surface area contributed by atoms with Crippen LogP contribution in [0.15, 0.2) is 71.1 Å². The number of piperidine rings is 1. The van der Waals surface area contributed by atoms with Crippen LogP contribution in [0, 0.1) is 18.8 Å². The molecule has 3 atom stereocenters. The van der Waals surface area contributed by atoms with Crippen molar-refractivity contribution in [1.29, 1.82) is 0 Å². The van der Waals surface area contributed by atoms with Crippen molar-refractivity contribution in [2.45, 2.75) is 19.4 Å². The zero-order valence-corrected chi connectivity index (χ0v) is 19.3. The first-order valence-electron chi connectivity index (χ1n) is 11.8. The van der Waals surface area contributed by atoms with Crippen LogP contribution < -0.4 is 10.1 Å². The Labute approximate surface area is 198 Å². The predicted molar refractivity (Wildman–Crippen MR) is 132 cm³/mol. The fourth-order valence-corrected chi connectivity index (χ4v) is 5.22. The smallest absolute Gasteiger partial charge is 0.295 e. The van der Waals surface area contributed by atoms with E-state index in [1.165, 1.54) is 6.42 Å². The summed E-state index contributed by atoms with van der Waals surface area (Å²) in [4.78, 5) is 20.5. The monoisotopic (exact) mass is 453 g/mol. The van der Waals surface area contributed by atoms with Gasteiger partial charge in [-0.3, -0.25) is 4.79 Å². The second-order valence-corrected chi connectivity index (χ2v) is 9.33. The molecule has 34 heavy (non-hydrogen) atoms. The summed E-state index contributed by atoms with van der Waals surface area (Å²) in [6, 6.07) is 22.4. The minimum absolute atomic E-state index is 0.0890. The lowest BCUT2D eigenvalue weighted by Gasteiger charge is -2.28. The molecule has 1 saturated carbocycles. The molecule has 0 radical (unpaired) electrons. The zero-order chi connectivity index (χ0) is 23.2. The van der Waals surface area contributed by atoms with E-state index in [4.69, 9.17) is 9.15 Å². The topological polar surface area (TPSA) is 67.6 Å². The molecular weight excluding hydrogens is 426 g/mol. The van der Waals surface area contributed by atoms with Crippen molar-refractivity contribution in [3.8, 4) is 16.9 Å². The zero-order valence-electron chi connectivity index (χ0n) is 19.3. The van der Waals surface area contributed by atoms with Crippen molar-refractivity contribution in [3.63, 3.8) is 0 Å². The van der Waals surface area contributed by atoms with Crippen LogP contribution in [0.3, 0.4) is 0 Å². The van der Waals surface area contributed by atoms with Crippen LogP contribution in [-0.2, 0) is 0 Å². The summed E-state index contributed by atoms with van der Waals surface area (Å²) in [5, 5.41) is 3.35. The van der Waals surface area contributed by atoms with Gasteiger partial charge in [0.1, 0.15) is 11.3 Å².